The molecule has 2 fully saturated rings. The number of hydrogen-bond donors (Lipinski definition) is 0. The Bertz CT molecular complexity index is 196. The molecule has 2 atom stereocenters. The SMILES string of the molecule is CC1SC(CC2CCCC2)CC1=O. The summed E-state index contributed by atoms with van der Waals surface area (Å²) < 4.78 is 0. The van der Waals surface area contributed by atoms with E-state index in [4.69, 9.17) is 0 Å². The molecular weight excluding hydrogens is 180 g/mol. The first-order valence-corrected chi connectivity index (χ1v) is 6.38. The molecule has 1 saturated heterocycles. The van der Waals surface area contributed by atoms with Gasteiger partial charge in [0.15, 0.2) is 0 Å². The first-order chi connectivity index (χ1) is 6.25. The Kier molecular flexibility index (Phi) is 2.97. The van der Waals surface area contributed by atoms with E-state index in [0.29, 0.717) is 11.0 Å². The van der Waals surface area contributed by atoms with Gasteiger partial charge in [0.05, 0.1) is 5.25 Å². The summed E-state index contributed by atoms with van der Waals surface area (Å²) in [5.41, 5.74) is 0. The fourth-order valence-electron chi connectivity index (χ4n) is 2.56. The number of thioether (sulfide) groups is 1. The van der Waals surface area contributed by atoms with E-state index in [0.717, 1.165) is 12.3 Å². The summed E-state index contributed by atoms with van der Waals surface area (Å²) in [5, 5.41) is 0.942. The van der Waals surface area contributed by atoms with Crippen LogP contribution in [0, 0.1) is 5.92 Å². The fraction of sp³-hybridized carbons (Fsp3) is 0.909. The van der Waals surface area contributed by atoms with Gasteiger partial charge in [0.2, 0.25) is 0 Å². The molecule has 1 aliphatic heterocycles. The third-order valence-electron chi connectivity index (χ3n) is 3.35. The molecule has 13 heavy (non-hydrogen) atoms. The van der Waals surface area contributed by atoms with Crippen LogP contribution >= 0.6 is 11.8 Å². The van der Waals surface area contributed by atoms with E-state index in [1.807, 2.05) is 11.8 Å². The van der Waals surface area contributed by atoms with Crippen LogP contribution < -0.4 is 0 Å². The zero-order valence-corrected chi connectivity index (χ0v) is 9.11. The predicted octanol–water partition coefficient (Wildman–Crippen LogP) is 3.03. The van der Waals surface area contributed by atoms with E-state index in [1.165, 1.54) is 32.1 Å². The van der Waals surface area contributed by atoms with Crippen LogP contribution in [0.5, 0.6) is 0 Å². The van der Waals surface area contributed by atoms with Gasteiger partial charge >= 0.3 is 0 Å². The molecule has 74 valence electrons. The number of ketones is 1. The summed E-state index contributed by atoms with van der Waals surface area (Å²) in [5.74, 6) is 1.42. The maximum absolute atomic E-state index is 11.3. The zero-order valence-electron chi connectivity index (χ0n) is 8.29. The molecule has 1 aliphatic carbocycles. The molecule has 2 aliphatic rings. The average Bonchev–Trinajstić information content (AvgIpc) is 2.64. The number of carbonyl (C=O) groups excluding carboxylic acids is 1. The van der Waals surface area contributed by atoms with E-state index in [-0.39, 0.29) is 5.25 Å². The first kappa shape index (κ1) is 9.57. The highest BCUT2D eigenvalue weighted by atomic mass is 32.2. The minimum atomic E-state index is 0.284. The number of rotatable bonds is 2. The van der Waals surface area contributed by atoms with Gasteiger partial charge in [-0.25, -0.2) is 0 Å². The Morgan fingerprint density at radius 2 is 2.08 bits per heavy atom. The van der Waals surface area contributed by atoms with Crippen molar-refractivity contribution in [2.24, 2.45) is 5.92 Å². The van der Waals surface area contributed by atoms with E-state index in [2.05, 4.69) is 6.92 Å². The van der Waals surface area contributed by atoms with E-state index < -0.39 is 0 Å². The van der Waals surface area contributed by atoms with Gasteiger partial charge in [-0.1, -0.05) is 25.7 Å². The number of carbonyl (C=O) groups is 1. The van der Waals surface area contributed by atoms with Crippen LogP contribution in [0.1, 0.15) is 45.4 Å². The second-order valence-electron chi connectivity index (χ2n) is 4.46. The molecule has 2 rings (SSSR count). The number of Topliss-reactive ketones (excluding diaryl/α,β-unsaturated/α-hetero) is 1. The summed E-state index contributed by atoms with van der Waals surface area (Å²) >= 11 is 1.91. The summed E-state index contributed by atoms with van der Waals surface area (Å²) in [6, 6.07) is 0. The Balaban J connectivity index is 1.79. The highest BCUT2D eigenvalue weighted by Gasteiger charge is 2.31. The lowest BCUT2D eigenvalue weighted by molar-refractivity contribution is -0.117. The Labute approximate surface area is 84.7 Å². The van der Waals surface area contributed by atoms with Gasteiger partial charge in [0.1, 0.15) is 5.78 Å². The first-order valence-electron chi connectivity index (χ1n) is 5.44. The predicted molar refractivity (Wildman–Crippen MR) is 57.0 cm³/mol. The van der Waals surface area contributed by atoms with Gasteiger partial charge in [-0.05, 0) is 19.3 Å². The largest absolute Gasteiger partial charge is 0.298 e. The monoisotopic (exact) mass is 198 g/mol. The van der Waals surface area contributed by atoms with Crippen molar-refractivity contribution in [3.63, 3.8) is 0 Å². The molecule has 0 aromatic heterocycles. The molecule has 2 heteroatoms. The van der Waals surface area contributed by atoms with Crippen LogP contribution in [-0.4, -0.2) is 16.3 Å². The summed E-state index contributed by atoms with van der Waals surface area (Å²) in [6.45, 7) is 2.06. The molecule has 1 nitrogen and oxygen atoms in total. The van der Waals surface area contributed by atoms with Gasteiger partial charge < -0.3 is 0 Å². The van der Waals surface area contributed by atoms with E-state index in [9.17, 15) is 4.79 Å². The molecular formula is C11H18OS. The molecule has 2 unspecified atom stereocenters. The van der Waals surface area contributed by atoms with Gasteiger partial charge in [0.25, 0.3) is 0 Å². The lowest BCUT2D eigenvalue weighted by Crippen LogP contribution is -2.06. The van der Waals surface area contributed by atoms with Gasteiger partial charge in [0, 0.05) is 11.7 Å². The Morgan fingerprint density at radius 3 is 2.62 bits per heavy atom. The lowest BCUT2D eigenvalue weighted by atomic mass is 9.99. The molecule has 0 N–H and O–H groups in total. The van der Waals surface area contributed by atoms with Crippen LogP contribution in [0.25, 0.3) is 0 Å². The maximum atomic E-state index is 11.3. The van der Waals surface area contributed by atoms with Gasteiger partial charge in [-0.15, -0.1) is 11.8 Å². The maximum Gasteiger partial charge on any atom is 0.146 e. The molecule has 0 radical (unpaired) electrons. The van der Waals surface area contributed by atoms with Crippen LogP contribution in [0.15, 0.2) is 0 Å². The number of hydrogen-bond acceptors (Lipinski definition) is 2. The molecule has 0 aromatic carbocycles. The van der Waals surface area contributed by atoms with Gasteiger partial charge in [-0.2, -0.15) is 0 Å². The van der Waals surface area contributed by atoms with Crippen LogP contribution in [0.3, 0.4) is 0 Å². The topological polar surface area (TPSA) is 17.1 Å². The minimum absolute atomic E-state index is 0.284. The quantitative estimate of drug-likeness (QED) is 0.678. The van der Waals surface area contributed by atoms with Crippen molar-refractivity contribution < 1.29 is 4.79 Å². The molecule has 0 amide bonds. The normalized spacial score (nSPS) is 35.9. The standard InChI is InChI=1S/C11H18OS/c1-8-11(12)7-10(13-8)6-9-4-2-3-5-9/h8-10H,2-7H2,1H3. The highest BCUT2D eigenvalue weighted by molar-refractivity contribution is 8.01. The van der Waals surface area contributed by atoms with Crippen LogP contribution in [-0.2, 0) is 4.79 Å². The van der Waals surface area contributed by atoms with Crippen molar-refractivity contribution in [3.05, 3.63) is 0 Å². The molecule has 1 saturated carbocycles. The molecule has 1 heterocycles. The fourth-order valence-corrected chi connectivity index (χ4v) is 4.03. The molecule has 0 aromatic rings. The van der Waals surface area contributed by atoms with Gasteiger partial charge in [-0.3, -0.25) is 4.79 Å². The Hall–Kier alpha value is 0.0200. The Morgan fingerprint density at radius 1 is 1.38 bits per heavy atom. The van der Waals surface area contributed by atoms with Crippen molar-refractivity contribution in [1.29, 1.82) is 0 Å². The van der Waals surface area contributed by atoms with E-state index in [1.54, 1.807) is 0 Å². The third kappa shape index (κ3) is 2.28. The second-order valence-corrected chi connectivity index (χ2v) is 6.10. The average molecular weight is 198 g/mol. The van der Waals surface area contributed by atoms with Crippen LogP contribution in [0.2, 0.25) is 0 Å². The lowest BCUT2D eigenvalue weighted by Gasteiger charge is -2.13. The van der Waals surface area contributed by atoms with Crippen molar-refractivity contribution in [1.82, 2.24) is 0 Å². The van der Waals surface area contributed by atoms with Crippen LogP contribution in [0.4, 0.5) is 0 Å². The smallest absolute Gasteiger partial charge is 0.146 e. The summed E-state index contributed by atoms with van der Waals surface area (Å²) in [7, 11) is 0. The second kappa shape index (κ2) is 4.04. The minimum Gasteiger partial charge on any atom is -0.298 e. The van der Waals surface area contributed by atoms with Crippen molar-refractivity contribution in [2.75, 3.05) is 0 Å². The zero-order chi connectivity index (χ0) is 9.26. The summed E-state index contributed by atoms with van der Waals surface area (Å²) in [4.78, 5) is 11.3. The highest BCUT2D eigenvalue weighted by Crippen LogP contribution is 2.38. The molecule has 0 spiro atoms. The molecule has 0 bridgehead atoms. The third-order valence-corrected chi connectivity index (χ3v) is 4.76. The van der Waals surface area contributed by atoms with Crippen molar-refractivity contribution in [3.8, 4) is 0 Å². The van der Waals surface area contributed by atoms with Crippen molar-refractivity contribution >= 4 is 17.5 Å². The van der Waals surface area contributed by atoms with E-state index >= 15 is 0 Å². The van der Waals surface area contributed by atoms with Crippen molar-refractivity contribution in [2.45, 2.75) is 55.9 Å². The summed E-state index contributed by atoms with van der Waals surface area (Å²) in [6.07, 6.45) is 7.83.